The van der Waals surface area contributed by atoms with Crippen LogP contribution in [0, 0.1) is 25.5 Å². The van der Waals surface area contributed by atoms with Gasteiger partial charge in [0.05, 0.1) is 19.9 Å². The molecule has 4 nitrogen and oxygen atoms in total. The van der Waals surface area contributed by atoms with Gasteiger partial charge in [0.2, 0.25) is 0 Å². The van der Waals surface area contributed by atoms with Crippen LogP contribution in [0.25, 0.3) is 0 Å². The van der Waals surface area contributed by atoms with E-state index in [0.717, 1.165) is 23.3 Å². The van der Waals surface area contributed by atoms with E-state index in [0.29, 0.717) is 25.9 Å². The number of nitrogens with zero attached hydrogens (tertiary/aromatic N) is 2. The molecule has 1 aromatic heterocycles. The van der Waals surface area contributed by atoms with E-state index in [1.165, 1.54) is 28.0 Å². The third-order valence-corrected chi connectivity index (χ3v) is 10.6. The number of rotatable bonds is 5. The molecule has 1 saturated heterocycles. The van der Waals surface area contributed by atoms with E-state index in [9.17, 15) is 17.2 Å². The van der Waals surface area contributed by atoms with Gasteiger partial charge in [-0.3, -0.25) is 0 Å². The molecule has 0 radical (unpaired) electrons. The van der Waals surface area contributed by atoms with E-state index in [1.54, 1.807) is 0 Å². The molecule has 0 aliphatic carbocycles. The fraction of sp³-hybridized carbons (Fsp3) is 0.348. The van der Waals surface area contributed by atoms with Gasteiger partial charge in [-0.25, -0.2) is 22.2 Å². The number of halogens is 4. The van der Waals surface area contributed by atoms with Crippen LogP contribution in [0.3, 0.4) is 0 Å². The quantitative estimate of drug-likeness (QED) is 0.302. The average molecular weight is 620 g/mol. The Bertz CT molecular complexity index is 1260. The third-order valence-electron chi connectivity index (χ3n) is 5.71. The number of hydrogen-bond donors (Lipinski definition) is 0. The van der Waals surface area contributed by atoms with Gasteiger partial charge in [0.15, 0.2) is 20.8 Å². The minimum atomic E-state index is -4.05. The molecular weight excluding hydrogens is 598 g/mol. The molecule has 0 bridgehead atoms. The second-order valence-electron chi connectivity index (χ2n) is 8.32. The number of benzene rings is 2. The Kier molecular flexibility index (Phi) is 7.29. The van der Waals surface area contributed by atoms with Crippen molar-refractivity contribution in [2.75, 3.05) is 18.0 Å². The Hall–Kier alpha value is -1.36. The van der Waals surface area contributed by atoms with Crippen LogP contribution in [0.2, 0.25) is 0 Å². The number of thiazole rings is 1. The number of hydrogen-bond acceptors (Lipinski definition) is 5. The first-order valence-corrected chi connectivity index (χ1v) is 14.4. The summed E-state index contributed by atoms with van der Waals surface area (Å²) in [7, 11) is -4.05. The summed E-state index contributed by atoms with van der Waals surface area (Å²) in [5, 5.41) is 2.10. The van der Waals surface area contributed by atoms with Crippen molar-refractivity contribution in [2.45, 2.75) is 43.3 Å². The molecule has 0 atom stereocenters. The maximum Gasteiger partial charge on any atom is 0.185 e. The second kappa shape index (κ2) is 9.71. The first kappa shape index (κ1) is 24.8. The number of piperidine rings is 1. The van der Waals surface area contributed by atoms with Crippen molar-refractivity contribution in [2.24, 2.45) is 0 Å². The average Bonchev–Trinajstić information content (AvgIpc) is 3.20. The van der Waals surface area contributed by atoms with Crippen LogP contribution in [0.15, 0.2) is 43.5 Å². The molecule has 2 heterocycles. The van der Waals surface area contributed by atoms with Gasteiger partial charge in [-0.15, -0.1) is 11.3 Å². The van der Waals surface area contributed by atoms with E-state index in [-0.39, 0.29) is 8.95 Å². The van der Waals surface area contributed by atoms with Gasteiger partial charge in [-0.1, -0.05) is 29.3 Å². The molecule has 0 saturated carbocycles. The Morgan fingerprint density at radius 3 is 2.36 bits per heavy atom. The summed E-state index contributed by atoms with van der Waals surface area (Å²) >= 11 is 7.37. The molecule has 33 heavy (non-hydrogen) atoms. The van der Waals surface area contributed by atoms with Crippen LogP contribution in [0.5, 0.6) is 0 Å². The van der Waals surface area contributed by atoms with Gasteiger partial charge in [0, 0.05) is 24.9 Å². The zero-order valence-electron chi connectivity index (χ0n) is 18.0. The van der Waals surface area contributed by atoms with Crippen molar-refractivity contribution in [1.29, 1.82) is 0 Å². The Labute approximate surface area is 213 Å². The van der Waals surface area contributed by atoms with Gasteiger partial charge in [0.1, 0.15) is 10.7 Å². The Morgan fingerprint density at radius 2 is 1.73 bits per heavy atom. The number of aromatic nitrogens is 1. The summed E-state index contributed by atoms with van der Waals surface area (Å²) in [6.07, 6.45) is 1.37. The number of anilines is 1. The van der Waals surface area contributed by atoms with Crippen molar-refractivity contribution in [3.05, 3.63) is 72.6 Å². The summed E-state index contributed by atoms with van der Waals surface area (Å²) in [6.45, 7) is 5.12. The fourth-order valence-electron chi connectivity index (χ4n) is 4.23. The van der Waals surface area contributed by atoms with Gasteiger partial charge < -0.3 is 4.90 Å². The first-order chi connectivity index (χ1) is 15.6. The standard InChI is InChI=1S/C23H22Br2F2N2O2S2/c1-13-7-14(2)9-15(8-13)10-16-12-32-23(28-16)29-5-3-17(4-6-29)33(30,31)22-20(25)19(26)11-18(24)21(22)27/h7-9,11-12,17H,3-6,10H2,1-2H3. The molecule has 176 valence electrons. The molecule has 10 heteroatoms. The molecule has 4 rings (SSSR count). The summed E-state index contributed by atoms with van der Waals surface area (Å²) in [6, 6.07) is 7.37. The van der Waals surface area contributed by atoms with Gasteiger partial charge in [-0.05, 0) is 70.2 Å². The summed E-state index contributed by atoms with van der Waals surface area (Å²) in [4.78, 5) is 6.21. The van der Waals surface area contributed by atoms with E-state index in [4.69, 9.17) is 4.98 Å². The molecule has 1 fully saturated rings. The second-order valence-corrected chi connectivity index (χ2v) is 13.0. The number of sulfone groups is 1. The summed E-state index contributed by atoms with van der Waals surface area (Å²) in [5.41, 5.74) is 4.63. The maximum atomic E-state index is 14.6. The summed E-state index contributed by atoms with van der Waals surface area (Å²) in [5.74, 6) is -1.79. The predicted octanol–water partition coefficient (Wildman–Crippen LogP) is 6.60. The van der Waals surface area contributed by atoms with Crippen molar-refractivity contribution in [3.8, 4) is 0 Å². The van der Waals surface area contributed by atoms with Gasteiger partial charge in [0.25, 0.3) is 0 Å². The maximum absolute atomic E-state index is 14.6. The Morgan fingerprint density at radius 1 is 1.09 bits per heavy atom. The van der Waals surface area contributed by atoms with Gasteiger partial charge >= 0.3 is 0 Å². The van der Waals surface area contributed by atoms with Gasteiger partial charge in [-0.2, -0.15) is 0 Å². The third kappa shape index (κ3) is 5.18. The minimum absolute atomic E-state index is 0.210. The number of aryl methyl sites for hydroxylation is 2. The normalized spacial score (nSPS) is 15.3. The highest BCUT2D eigenvalue weighted by atomic mass is 79.9. The molecule has 0 spiro atoms. The van der Waals surface area contributed by atoms with E-state index in [1.807, 2.05) is 5.38 Å². The molecule has 0 N–H and O–H groups in total. The first-order valence-electron chi connectivity index (χ1n) is 10.4. The van der Waals surface area contributed by atoms with Crippen LogP contribution in [-0.4, -0.2) is 31.7 Å². The van der Waals surface area contributed by atoms with Crippen LogP contribution in [-0.2, 0) is 16.3 Å². The molecule has 0 amide bonds. The zero-order valence-corrected chi connectivity index (χ0v) is 22.8. The predicted molar refractivity (Wildman–Crippen MR) is 135 cm³/mol. The highest BCUT2D eigenvalue weighted by molar-refractivity contribution is 9.11. The molecule has 2 aromatic carbocycles. The van der Waals surface area contributed by atoms with Crippen LogP contribution in [0.1, 0.15) is 35.2 Å². The lowest BCUT2D eigenvalue weighted by atomic mass is 10.0. The van der Waals surface area contributed by atoms with Crippen molar-refractivity contribution in [3.63, 3.8) is 0 Å². The Balaban J connectivity index is 1.47. The SMILES string of the molecule is Cc1cc(C)cc(Cc2csc(N3CCC(S(=O)(=O)c4c(F)c(Br)cc(F)c4Br)CC3)n2)c1. The van der Waals surface area contributed by atoms with Crippen molar-refractivity contribution in [1.82, 2.24) is 4.98 Å². The van der Waals surface area contributed by atoms with E-state index >= 15 is 0 Å². The highest BCUT2D eigenvalue weighted by Gasteiger charge is 2.36. The fourth-order valence-corrected chi connectivity index (χ4v) is 8.47. The topological polar surface area (TPSA) is 50.3 Å². The lowest BCUT2D eigenvalue weighted by Gasteiger charge is -2.31. The van der Waals surface area contributed by atoms with Crippen LogP contribution < -0.4 is 4.90 Å². The monoisotopic (exact) mass is 618 g/mol. The lowest BCUT2D eigenvalue weighted by Crippen LogP contribution is -2.39. The van der Waals surface area contributed by atoms with E-state index < -0.39 is 31.6 Å². The smallest absolute Gasteiger partial charge is 0.185 e. The molecule has 3 aromatic rings. The van der Waals surface area contributed by atoms with Crippen molar-refractivity contribution >= 4 is 58.2 Å². The lowest BCUT2D eigenvalue weighted by molar-refractivity contribution is 0.512. The molecule has 1 aliphatic rings. The van der Waals surface area contributed by atoms with Crippen LogP contribution >= 0.6 is 43.2 Å². The zero-order chi connectivity index (χ0) is 23.9. The van der Waals surface area contributed by atoms with E-state index in [2.05, 4.69) is 68.8 Å². The summed E-state index contributed by atoms with van der Waals surface area (Å²) < 4.78 is 54.4. The van der Waals surface area contributed by atoms with Crippen molar-refractivity contribution < 1.29 is 17.2 Å². The minimum Gasteiger partial charge on any atom is -0.348 e. The molecular formula is C23H22Br2F2N2O2S2. The van der Waals surface area contributed by atoms with Crippen LogP contribution in [0.4, 0.5) is 13.9 Å². The highest BCUT2D eigenvalue weighted by Crippen LogP contribution is 2.37. The molecule has 1 aliphatic heterocycles. The largest absolute Gasteiger partial charge is 0.348 e. The molecule has 0 unspecified atom stereocenters.